The maximum atomic E-state index is 12.3. The average Bonchev–Trinajstić information content (AvgIpc) is 2.66. The first-order valence-electron chi connectivity index (χ1n) is 9.46. The summed E-state index contributed by atoms with van der Waals surface area (Å²) in [5.41, 5.74) is 0.914. The first kappa shape index (κ1) is 20.9. The van der Waals surface area contributed by atoms with E-state index in [1.807, 2.05) is 18.2 Å². The fourth-order valence-corrected chi connectivity index (χ4v) is 2.96. The number of nitrogens with zero attached hydrogens (tertiary/aromatic N) is 1. The summed E-state index contributed by atoms with van der Waals surface area (Å²) in [5, 5.41) is 11.9. The molecule has 1 aliphatic heterocycles. The summed E-state index contributed by atoms with van der Waals surface area (Å²) in [6, 6.07) is 5.46. The zero-order valence-electron chi connectivity index (χ0n) is 16.4. The molecule has 150 valence electrons. The van der Waals surface area contributed by atoms with Gasteiger partial charge in [-0.25, -0.2) is 4.79 Å². The summed E-state index contributed by atoms with van der Waals surface area (Å²) in [4.78, 5) is 24.9. The van der Waals surface area contributed by atoms with E-state index in [1.165, 1.54) is 0 Å². The lowest BCUT2D eigenvalue weighted by molar-refractivity contribution is -0.143. The van der Waals surface area contributed by atoms with E-state index in [4.69, 9.17) is 14.6 Å². The lowest BCUT2D eigenvalue weighted by atomic mass is 9.97. The number of nitrogens with one attached hydrogen (secondary N) is 1. The number of carbonyl (C=O) groups excluding carboxylic acids is 1. The molecule has 2 N–H and O–H groups in total. The zero-order valence-corrected chi connectivity index (χ0v) is 16.4. The van der Waals surface area contributed by atoms with Gasteiger partial charge in [0.05, 0.1) is 19.6 Å². The predicted octanol–water partition coefficient (Wildman–Crippen LogP) is 3.13. The van der Waals surface area contributed by atoms with Gasteiger partial charge >= 0.3 is 12.0 Å². The molecule has 0 radical (unpaired) electrons. The Morgan fingerprint density at radius 2 is 1.96 bits per heavy atom. The number of hydrogen-bond donors (Lipinski definition) is 2. The molecule has 0 bridgehead atoms. The van der Waals surface area contributed by atoms with Crippen molar-refractivity contribution in [1.29, 1.82) is 0 Å². The standard InChI is InChI=1S/C20H30N2O5/c1-14(2)8-11-27-17-5-4-15(12-18(17)26-3)13-21-20(25)22-9-6-16(7-10-22)19(23)24/h4-5,12,14,16H,6-11,13H2,1-3H3,(H,21,25)(H,23,24). The lowest BCUT2D eigenvalue weighted by Crippen LogP contribution is -2.45. The van der Waals surface area contributed by atoms with Gasteiger partial charge in [0, 0.05) is 19.6 Å². The molecule has 2 rings (SSSR count). The molecule has 0 aliphatic carbocycles. The Morgan fingerprint density at radius 3 is 2.56 bits per heavy atom. The number of carboxylic acids is 1. The van der Waals surface area contributed by atoms with E-state index in [1.54, 1.807) is 12.0 Å². The number of hydrogen-bond acceptors (Lipinski definition) is 4. The van der Waals surface area contributed by atoms with Crippen LogP contribution in [0, 0.1) is 11.8 Å². The number of rotatable bonds is 8. The van der Waals surface area contributed by atoms with Crippen LogP contribution in [0.2, 0.25) is 0 Å². The average molecular weight is 378 g/mol. The van der Waals surface area contributed by atoms with Gasteiger partial charge in [0.1, 0.15) is 0 Å². The Morgan fingerprint density at radius 1 is 1.26 bits per heavy atom. The van der Waals surface area contributed by atoms with Crippen LogP contribution in [0.15, 0.2) is 18.2 Å². The lowest BCUT2D eigenvalue weighted by Gasteiger charge is -2.30. The molecule has 7 heteroatoms. The Kier molecular flexibility index (Phi) is 7.76. The molecule has 0 aromatic heterocycles. The summed E-state index contributed by atoms with van der Waals surface area (Å²) in [5.74, 6) is 0.794. The van der Waals surface area contributed by atoms with Gasteiger partial charge in [0.25, 0.3) is 0 Å². The molecule has 27 heavy (non-hydrogen) atoms. The summed E-state index contributed by atoms with van der Waals surface area (Å²) in [6.07, 6.45) is 1.97. The van der Waals surface area contributed by atoms with Crippen molar-refractivity contribution in [2.75, 3.05) is 26.8 Å². The molecule has 1 heterocycles. The second-order valence-electron chi connectivity index (χ2n) is 7.27. The highest BCUT2D eigenvalue weighted by Gasteiger charge is 2.26. The number of likely N-dealkylation sites (tertiary alicyclic amines) is 1. The molecular formula is C20H30N2O5. The molecule has 1 aromatic rings. The minimum absolute atomic E-state index is 0.171. The minimum Gasteiger partial charge on any atom is -0.493 e. The normalized spacial score (nSPS) is 14.9. The number of ether oxygens (including phenoxy) is 2. The molecule has 1 aliphatic rings. The third-order valence-electron chi connectivity index (χ3n) is 4.76. The monoisotopic (exact) mass is 378 g/mol. The van der Waals surface area contributed by atoms with E-state index in [2.05, 4.69) is 19.2 Å². The molecule has 2 amide bonds. The van der Waals surface area contributed by atoms with Crippen LogP contribution in [0.1, 0.15) is 38.7 Å². The van der Waals surface area contributed by atoms with Crippen molar-refractivity contribution in [2.24, 2.45) is 11.8 Å². The summed E-state index contributed by atoms with van der Waals surface area (Å²) < 4.78 is 11.2. The zero-order chi connectivity index (χ0) is 19.8. The molecule has 1 saturated heterocycles. The second kappa shape index (κ2) is 10.0. The predicted molar refractivity (Wildman–Crippen MR) is 102 cm³/mol. The van der Waals surface area contributed by atoms with E-state index in [0.29, 0.717) is 56.5 Å². The van der Waals surface area contributed by atoms with Crippen molar-refractivity contribution in [3.8, 4) is 11.5 Å². The molecule has 0 saturated carbocycles. The molecular weight excluding hydrogens is 348 g/mol. The second-order valence-corrected chi connectivity index (χ2v) is 7.27. The van der Waals surface area contributed by atoms with Crippen molar-refractivity contribution in [1.82, 2.24) is 10.2 Å². The Bertz CT molecular complexity index is 639. The van der Waals surface area contributed by atoms with Crippen LogP contribution < -0.4 is 14.8 Å². The van der Waals surface area contributed by atoms with Crippen LogP contribution in [-0.4, -0.2) is 48.8 Å². The van der Waals surface area contributed by atoms with E-state index < -0.39 is 5.97 Å². The van der Waals surface area contributed by atoms with Crippen LogP contribution in [0.3, 0.4) is 0 Å². The van der Waals surface area contributed by atoms with Crippen molar-refractivity contribution in [2.45, 2.75) is 39.7 Å². The number of carbonyl (C=O) groups is 2. The molecule has 1 fully saturated rings. The smallest absolute Gasteiger partial charge is 0.317 e. The van der Waals surface area contributed by atoms with Gasteiger partial charge in [-0.3, -0.25) is 4.79 Å². The van der Waals surface area contributed by atoms with E-state index >= 15 is 0 Å². The van der Waals surface area contributed by atoms with Crippen LogP contribution in [0.25, 0.3) is 0 Å². The van der Waals surface area contributed by atoms with Gasteiger partial charge in [-0.05, 0) is 42.9 Å². The number of amides is 2. The van der Waals surface area contributed by atoms with Crippen LogP contribution in [0.4, 0.5) is 4.79 Å². The highest BCUT2D eigenvalue weighted by Crippen LogP contribution is 2.28. The van der Waals surface area contributed by atoms with Gasteiger partial charge in [-0.2, -0.15) is 0 Å². The Hall–Kier alpha value is -2.44. The largest absolute Gasteiger partial charge is 0.493 e. The highest BCUT2D eigenvalue weighted by atomic mass is 16.5. The molecule has 7 nitrogen and oxygen atoms in total. The summed E-state index contributed by atoms with van der Waals surface area (Å²) >= 11 is 0. The number of piperidine rings is 1. The topological polar surface area (TPSA) is 88.1 Å². The molecule has 0 atom stereocenters. The van der Waals surface area contributed by atoms with Crippen LogP contribution in [-0.2, 0) is 11.3 Å². The van der Waals surface area contributed by atoms with Gasteiger partial charge in [-0.1, -0.05) is 19.9 Å². The molecule has 0 unspecified atom stereocenters. The van der Waals surface area contributed by atoms with Crippen LogP contribution in [0.5, 0.6) is 11.5 Å². The third-order valence-corrected chi connectivity index (χ3v) is 4.76. The van der Waals surface area contributed by atoms with E-state index in [0.717, 1.165) is 12.0 Å². The highest BCUT2D eigenvalue weighted by molar-refractivity contribution is 5.75. The minimum atomic E-state index is -0.780. The van der Waals surface area contributed by atoms with Gasteiger partial charge in [0.15, 0.2) is 11.5 Å². The van der Waals surface area contributed by atoms with Crippen molar-refractivity contribution >= 4 is 12.0 Å². The van der Waals surface area contributed by atoms with Gasteiger partial charge < -0.3 is 24.8 Å². The van der Waals surface area contributed by atoms with Crippen LogP contribution >= 0.6 is 0 Å². The van der Waals surface area contributed by atoms with Crippen molar-refractivity contribution in [3.63, 3.8) is 0 Å². The maximum Gasteiger partial charge on any atom is 0.317 e. The first-order chi connectivity index (χ1) is 12.9. The maximum absolute atomic E-state index is 12.3. The van der Waals surface area contributed by atoms with Crippen molar-refractivity contribution in [3.05, 3.63) is 23.8 Å². The molecule has 1 aromatic carbocycles. The number of benzene rings is 1. The van der Waals surface area contributed by atoms with E-state index in [-0.39, 0.29) is 11.9 Å². The third kappa shape index (κ3) is 6.34. The SMILES string of the molecule is COc1cc(CNC(=O)N2CCC(C(=O)O)CC2)ccc1OCCC(C)C. The number of urea groups is 1. The number of aliphatic carboxylic acids is 1. The Balaban J connectivity index is 1.84. The summed E-state index contributed by atoms with van der Waals surface area (Å²) in [7, 11) is 1.60. The first-order valence-corrected chi connectivity index (χ1v) is 9.46. The fourth-order valence-electron chi connectivity index (χ4n) is 2.96. The quantitative estimate of drug-likeness (QED) is 0.726. The summed E-state index contributed by atoms with van der Waals surface area (Å²) in [6.45, 7) is 6.24. The van der Waals surface area contributed by atoms with E-state index in [9.17, 15) is 9.59 Å². The number of carboxylic acid groups (broad SMARTS) is 1. The Labute approximate surface area is 160 Å². The van der Waals surface area contributed by atoms with Gasteiger partial charge in [0.2, 0.25) is 0 Å². The molecule has 0 spiro atoms. The van der Waals surface area contributed by atoms with Gasteiger partial charge in [-0.15, -0.1) is 0 Å². The van der Waals surface area contributed by atoms with Crippen molar-refractivity contribution < 1.29 is 24.2 Å². The fraction of sp³-hybridized carbons (Fsp3) is 0.600. The number of methoxy groups -OCH3 is 1.